The molecule has 184 valence electrons. The van der Waals surface area contributed by atoms with Gasteiger partial charge in [0.05, 0.1) is 25.6 Å². The van der Waals surface area contributed by atoms with Crippen LogP contribution in [0, 0.1) is 0 Å². The molecule has 5 nitrogen and oxygen atoms in total. The van der Waals surface area contributed by atoms with Gasteiger partial charge in [0.2, 0.25) is 0 Å². The summed E-state index contributed by atoms with van der Waals surface area (Å²) in [6.07, 6.45) is 2.87. The summed E-state index contributed by atoms with van der Waals surface area (Å²) in [4.78, 5) is 18.2. The van der Waals surface area contributed by atoms with Crippen LogP contribution < -0.4 is 19.6 Å². The van der Waals surface area contributed by atoms with Gasteiger partial charge in [0.25, 0.3) is 5.56 Å². The van der Waals surface area contributed by atoms with Crippen LogP contribution in [0.15, 0.2) is 65.5 Å². The summed E-state index contributed by atoms with van der Waals surface area (Å²) < 4.78 is 13.8. The lowest BCUT2D eigenvalue weighted by Gasteiger charge is -2.13. The van der Waals surface area contributed by atoms with Gasteiger partial charge in [-0.2, -0.15) is 0 Å². The lowest BCUT2D eigenvalue weighted by atomic mass is 9.99. The number of imidazole rings is 1. The molecule has 2 aromatic heterocycles. The molecule has 0 fully saturated rings. The molecule has 0 saturated carbocycles. The van der Waals surface area contributed by atoms with Gasteiger partial charge in [-0.05, 0) is 65.9 Å². The molecular formula is C28H24Cl2N2O3S. The van der Waals surface area contributed by atoms with Crippen LogP contribution in [0.4, 0.5) is 0 Å². The van der Waals surface area contributed by atoms with E-state index >= 15 is 0 Å². The highest BCUT2D eigenvalue weighted by atomic mass is 35.5. The zero-order valence-corrected chi connectivity index (χ0v) is 22.2. The predicted octanol–water partition coefficient (Wildman–Crippen LogP) is 6.74. The summed E-state index contributed by atoms with van der Waals surface area (Å²) in [5.74, 6) is 1.70. The average Bonchev–Trinajstić information content (AvgIpc) is 3.38. The molecule has 1 unspecified atom stereocenters. The van der Waals surface area contributed by atoms with Crippen LogP contribution in [0.25, 0.3) is 22.1 Å². The van der Waals surface area contributed by atoms with Gasteiger partial charge < -0.3 is 9.47 Å². The first-order valence-corrected chi connectivity index (χ1v) is 13.3. The van der Waals surface area contributed by atoms with E-state index in [-0.39, 0.29) is 12.2 Å². The molecule has 0 amide bonds. The average molecular weight is 539 g/mol. The second-order valence-electron chi connectivity index (χ2n) is 8.52. The Morgan fingerprint density at radius 2 is 1.72 bits per heavy atom. The lowest BCUT2D eigenvalue weighted by Crippen LogP contribution is -2.22. The van der Waals surface area contributed by atoms with E-state index in [9.17, 15) is 4.79 Å². The van der Waals surface area contributed by atoms with Crippen LogP contribution in [0.1, 0.15) is 37.3 Å². The Morgan fingerprint density at radius 1 is 1.03 bits per heavy atom. The Kier molecular flexibility index (Phi) is 7.19. The van der Waals surface area contributed by atoms with Crippen molar-refractivity contribution in [3.8, 4) is 11.5 Å². The first kappa shape index (κ1) is 24.6. The first-order chi connectivity index (χ1) is 17.4. The fraction of sp³-hybridized carbons (Fsp3) is 0.214. The van der Waals surface area contributed by atoms with Crippen LogP contribution in [0.3, 0.4) is 0 Å². The highest BCUT2D eigenvalue weighted by molar-refractivity contribution is 7.15. The minimum Gasteiger partial charge on any atom is -0.490 e. The number of nitrogens with zero attached hydrogens (tertiary/aromatic N) is 2. The summed E-state index contributed by atoms with van der Waals surface area (Å²) >= 11 is 14.3. The second kappa shape index (κ2) is 10.5. The van der Waals surface area contributed by atoms with Crippen molar-refractivity contribution >= 4 is 56.6 Å². The third kappa shape index (κ3) is 4.94. The zero-order chi connectivity index (χ0) is 25.2. The van der Waals surface area contributed by atoms with E-state index in [2.05, 4.69) is 31.0 Å². The van der Waals surface area contributed by atoms with E-state index in [1.165, 1.54) is 16.9 Å². The van der Waals surface area contributed by atoms with Crippen LogP contribution in [-0.4, -0.2) is 22.6 Å². The number of rotatable bonds is 8. The minimum atomic E-state index is -0.120. The Balaban J connectivity index is 1.28. The van der Waals surface area contributed by atoms with Gasteiger partial charge in [-0.15, -0.1) is 0 Å². The molecule has 0 spiro atoms. The molecule has 5 rings (SSSR count). The maximum Gasteiger partial charge on any atom is 0.274 e. The van der Waals surface area contributed by atoms with Crippen molar-refractivity contribution in [2.24, 2.45) is 0 Å². The number of fused-ring (bicyclic) bond motifs is 3. The van der Waals surface area contributed by atoms with Crippen molar-refractivity contribution < 1.29 is 9.47 Å². The van der Waals surface area contributed by atoms with E-state index in [1.807, 2.05) is 36.4 Å². The highest BCUT2D eigenvalue weighted by Crippen LogP contribution is 2.34. The first-order valence-electron chi connectivity index (χ1n) is 11.7. The van der Waals surface area contributed by atoms with Gasteiger partial charge in [0, 0.05) is 0 Å². The fourth-order valence-corrected chi connectivity index (χ4v) is 5.60. The van der Waals surface area contributed by atoms with Gasteiger partial charge in [0.15, 0.2) is 10.7 Å². The monoisotopic (exact) mass is 538 g/mol. The zero-order valence-electron chi connectivity index (χ0n) is 19.8. The normalized spacial score (nSPS) is 12.9. The van der Waals surface area contributed by atoms with Crippen molar-refractivity contribution in [3.63, 3.8) is 0 Å². The molecular weight excluding hydrogens is 515 g/mol. The summed E-state index contributed by atoms with van der Waals surface area (Å²) in [7, 11) is 0. The van der Waals surface area contributed by atoms with E-state index in [0.29, 0.717) is 43.4 Å². The van der Waals surface area contributed by atoms with Crippen LogP contribution in [0.5, 0.6) is 11.5 Å². The molecule has 0 radical (unpaired) electrons. The molecule has 2 heterocycles. The standard InChI is InChI=1S/C28H24Cl2N2O3S/c1-3-17(2)19-8-10-20(11-9-19)34-12-13-35-26-21(29)14-18(15-22(26)30)16-25-27(33)32-24-7-5-4-6-23(24)31-28(32)36-25/h4-11,14-17H,3,12-13H2,1-2H3/b25-16-. The van der Waals surface area contributed by atoms with Crippen molar-refractivity contribution in [1.29, 1.82) is 0 Å². The van der Waals surface area contributed by atoms with Gasteiger partial charge in [0.1, 0.15) is 19.0 Å². The van der Waals surface area contributed by atoms with E-state index < -0.39 is 0 Å². The number of hydrogen-bond acceptors (Lipinski definition) is 5. The van der Waals surface area contributed by atoms with Gasteiger partial charge in [-0.3, -0.25) is 4.79 Å². The number of ether oxygens (including phenoxy) is 2. The third-order valence-corrected chi connectivity index (χ3v) is 7.65. The molecule has 0 bridgehead atoms. The molecule has 0 saturated heterocycles. The van der Waals surface area contributed by atoms with E-state index in [1.54, 1.807) is 22.6 Å². The molecule has 5 aromatic rings. The quantitative estimate of drug-likeness (QED) is 0.205. The van der Waals surface area contributed by atoms with Crippen molar-refractivity contribution in [2.75, 3.05) is 13.2 Å². The summed E-state index contributed by atoms with van der Waals surface area (Å²) in [6.45, 7) is 5.03. The molecule has 36 heavy (non-hydrogen) atoms. The largest absolute Gasteiger partial charge is 0.490 e. The molecule has 0 aliphatic heterocycles. The predicted molar refractivity (Wildman–Crippen MR) is 148 cm³/mol. The van der Waals surface area contributed by atoms with E-state index in [0.717, 1.165) is 23.2 Å². The maximum absolute atomic E-state index is 13.0. The Labute approximate surface area is 222 Å². The lowest BCUT2D eigenvalue weighted by molar-refractivity contribution is 0.217. The molecule has 3 aromatic carbocycles. The number of benzene rings is 3. The number of halogens is 2. The van der Waals surface area contributed by atoms with Gasteiger partial charge in [-0.1, -0.05) is 72.7 Å². The summed E-state index contributed by atoms with van der Waals surface area (Å²) in [6, 6.07) is 19.2. The van der Waals surface area contributed by atoms with Crippen molar-refractivity contribution in [2.45, 2.75) is 26.2 Å². The maximum atomic E-state index is 13.0. The second-order valence-corrected chi connectivity index (χ2v) is 10.3. The van der Waals surface area contributed by atoms with Crippen LogP contribution in [0.2, 0.25) is 10.0 Å². The SMILES string of the molecule is CCC(C)c1ccc(OCCOc2c(Cl)cc(/C=c3\sc4nc5ccccc5n4c3=O)cc2Cl)cc1. The Morgan fingerprint density at radius 3 is 2.44 bits per heavy atom. The van der Waals surface area contributed by atoms with E-state index in [4.69, 9.17) is 32.7 Å². The molecule has 0 aliphatic rings. The van der Waals surface area contributed by atoms with Crippen molar-refractivity contribution in [3.05, 3.63) is 96.7 Å². The number of thiazole rings is 1. The molecule has 8 heteroatoms. The van der Waals surface area contributed by atoms with Gasteiger partial charge >= 0.3 is 0 Å². The Bertz CT molecular complexity index is 1620. The van der Waals surface area contributed by atoms with Crippen molar-refractivity contribution in [1.82, 2.24) is 9.38 Å². The fourth-order valence-electron chi connectivity index (χ4n) is 4.00. The highest BCUT2D eigenvalue weighted by Gasteiger charge is 2.13. The van der Waals surface area contributed by atoms with Crippen LogP contribution >= 0.6 is 34.5 Å². The topological polar surface area (TPSA) is 52.8 Å². The minimum absolute atomic E-state index is 0.120. The Hall–Kier alpha value is -3.06. The number of hydrogen-bond donors (Lipinski definition) is 0. The third-order valence-electron chi connectivity index (χ3n) is 6.12. The van der Waals surface area contributed by atoms with Gasteiger partial charge in [-0.25, -0.2) is 9.38 Å². The molecule has 0 N–H and O–H groups in total. The number of para-hydroxylation sites is 2. The summed E-state index contributed by atoms with van der Waals surface area (Å²) in [5.41, 5.74) is 3.48. The molecule has 0 aliphatic carbocycles. The number of aromatic nitrogens is 2. The summed E-state index contributed by atoms with van der Waals surface area (Å²) in [5, 5.41) is 0.733. The molecule has 1 atom stereocenters. The van der Waals surface area contributed by atoms with Crippen LogP contribution in [-0.2, 0) is 0 Å². The smallest absolute Gasteiger partial charge is 0.274 e.